The second-order valence-corrected chi connectivity index (χ2v) is 12.5. The van der Waals surface area contributed by atoms with E-state index in [4.69, 9.17) is 0 Å². The lowest BCUT2D eigenvalue weighted by atomic mass is 9.78. The van der Waals surface area contributed by atoms with Gasteiger partial charge in [0, 0.05) is 0 Å². The molecule has 1 heteroatoms. The Morgan fingerprint density at radius 1 is 0.548 bits per heavy atom. The molecule has 4 aromatic carbocycles. The Morgan fingerprint density at radius 2 is 1.03 bits per heavy atom. The van der Waals surface area contributed by atoms with Crippen molar-refractivity contribution in [1.29, 1.82) is 0 Å². The minimum absolute atomic E-state index is 0.0281. The van der Waals surface area contributed by atoms with Gasteiger partial charge in [-0.05, 0) is 62.6 Å². The molecule has 0 aliphatic heterocycles. The van der Waals surface area contributed by atoms with Crippen molar-refractivity contribution >= 4 is 34.6 Å². The minimum Gasteiger partial charge on any atom is -0.0622 e. The second-order valence-electron chi connectivity index (χ2n) is 10.4. The lowest BCUT2D eigenvalue weighted by Gasteiger charge is -2.36. The van der Waals surface area contributed by atoms with E-state index in [-0.39, 0.29) is 10.8 Å². The molecule has 0 fully saturated rings. The van der Waals surface area contributed by atoms with Crippen molar-refractivity contribution in [2.24, 2.45) is 0 Å². The molecule has 0 aliphatic rings. The molecular formula is C30H33P. The number of fused-ring (bicyclic) bond motifs is 1. The zero-order valence-corrected chi connectivity index (χ0v) is 20.5. The number of benzene rings is 4. The van der Waals surface area contributed by atoms with Crippen LogP contribution in [0.25, 0.3) is 10.8 Å². The topological polar surface area (TPSA) is 0 Å². The van der Waals surface area contributed by atoms with Crippen LogP contribution in [0, 0.1) is 0 Å². The van der Waals surface area contributed by atoms with Crippen LogP contribution in [-0.2, 0) is 10.8 Å². The predicted molar refractivity (Wildman–Crippen MR) is 140 cm³/mol. The Balaban J connectivity index is 2.20. The van der Waals surface area contributed by atoms with Crippen molar-refractivity contribution in [1.82, 2.24) is 0 Å². The standard InChI is InChI=1S/C30H33P/c1-29(2,3)26-21-22-15-13-14-20-25(22)27(30(4,5)6)28(26)31(23-16-9-7-10-17-23)24-18-11-8-12-19-24/h7-21H,1-6H3. The van der Waals surface area contributed by atoms with Gasteiger partial charge in [-0.25, -0.2) is 0 Å². The molecule has 158 valence electrons. The van der Waals surface area contributed by atoms with Gasteiger partial charge in [-0.15, -0.1) is 0 Å². The van der Waals surface area contributed by atoms with Crippen LogP contribution in [0.2, 0.25) is 0 Å². The fraction of sp³-hybridized carbons (Fsp3) is 0.267. The number of rotatable bonds is 3. The molecule has 0 saturated carbocycles. The van der Waals surface area contributed by atoms with Gasteiger partial charge in [-0.2, -0.15) is 0 Å². The van der Waals surface area contributed by atoms with Gasteiger partial charge in [0.1, 0.15) is 0 Å². The van der Waals surface area contributed by atoms with Gasteiger partial charge in [0.2, 0.25) is 0 Å². The van der Waals surface area contributed by atoms with E-state index < -0.39 is 7.92 Å². The first-order valence-corrected chi connectivity index (χ1v) is 12.5. The molecule has 0 saturated heterocycles. The molecule has 0 atom stereocenters. The van der Waals surface area contributed by atoms with Gasteiger partial charge < -0.3 is 0 Å². The van der Waals surface area contributed by atoms with Crippen LogP contribution in [0.5, 0.6) is 0 Å². The predicted octanol–water partition coefficient (Wildman–Crippen LogP) is 7.19. The highest BCUT2D eigenvalue weighted by atomic mass is 31.1. The fourth-order valence-electron chi connectivity index (χ4n) is 4.46. The van der Waals surface area contributed by atoms with Crippen molar-refractivity contribution < 1.29 is 0 Å². The van der Waals surface area contributed by atoms with Crippen LogP contribution in [0.4, 0.5) is 0 Å². The van der Waals surface area contributed by atoms with E-state index in [0.717, 1.165) is 0 Å². The van der Waals surface area contributed by atoms with E-state index >= 15 is 0 Å². The smallest absolute Gasteiger partial charge is 0.00699 e. The highest BCUT2D eigenvalue weighted by molar-refractivity contribution is 7.80. The van der Waals surface area contributed by atoms with Crippen molar-refractivity contribution in [3.8, 4) is 0 Å². The Kier molecular flexibility index (Phi) is 5.80. The van der Waals surface area contributed by atoms with Crippen molar-refractivity contribution in [2.45, 2.75) is 52.4 Å². The highest BCUT2D eigenvalue weighted by Crippen LogP contribution is 2.44. The largest absolute Gasteiger partial charge is 0.0622 e. The van der Waals surface area contributed by atoms with Crippen LogP contribution in [0.15, 0.2) is 91.0 Å². The first-order valence-electron chi connectivity index (χ1n) is 11.1. The molecule has 0 bridgehead atoms. The van der Waals surface area contributed by atoms with Gasteiger partial charge in [0.05, 0.1) is 0 Å². The summed E-state index contributed by atoms with van der Waals surface area (Å²) in [5.41, 5.74) is 3.04. The molecule has 0 N–H and O–H groups in total. The summed E-state index contributed by atoms with van der Waals surface area (Å²) in [6.45, 7) is 14.2. The molecule has 0 spiro atoms. The van der Waals surface area contributed by atoms with E-state index in [1.54, 1.807) is 0 Å². The third-order valence-electron chi connectivity index (χ3n) is 5.83. The van der Waals surface area contributed by atoms with E-state index in [2.05, 4.69) is 133 Å². The van der Waals surface area contributed by atoms with Gasteiger partial charge in [-0.1, -0.05) is 126 Å². The molecule has 0 radical (unpaired) electrons. The third kappa shape index (κ3) is 4.32. The molecular weight excluding hydrogens is 391 g/mol. The lowest BCUT2D eigenvalue weighted by molar-refractivity contribution is 0.580. The molecule has 0 amide bonds. The van der Waals surface area contributed by atoms with Gasteiger partial charge >= 0.3 is 0 Å². The van der Waals surface area contributed by atoms with E-state index in [1.165, 1.54) is 37.8 Å². The van der Waals surface area contributed by atoms with Gasteiger partial charge in [0.25, 0.3) is 0 Å². The van der Waals surface area contributed by atoms with Gasteiger partial charge in [-0.3, -0.25) is 0 Å². The number of hydrogen-bond acceptors (Lipinski definition) is 0. The number of hydrogen-bond donors (Lipinski definition) is 0. The molecule has 4 aromatic rings. The average Bonchev–Trinajstić information content (AvgIpc) is 2.73. The maximum Gasteiger partial charge on any atom is -0.00699 e. The molecule has 0 heterocycles. The summed E-state index contributed by atoms with van der Waals surface area (Å²) < 4.78 is 0. The quantitative estimate of drug-likeness (QED) is 0.305. The summed E-state index contributed by atoms with van der Waals surface area (Å²) in [7, 11) is -0.689. The van der Waals surface area contributed by atoms with Crippen molar-refractivity contribution in [3.05, 3.63) is 102 Å². The van der Waals surface area contributed by atoms with E-state index in [0.29, 0.717) is 0 Å². The molecule has 0 nitrogen and oxygen atoms in total. The monoisotopic (exact) mass is 424 g/mol. The Hall–Kier alpha value is -2.43. The summed E-state index contributed by atoms with van der Waals surface area (Å²) in [5.74, 6) is 0. The molecule has 0 unspecified atom stereocenters. The second kappa shape index (κ2) is 8.25. The average molecular weight is 425 g/mol. The maximum atomic E-state index is 2.46. The first kappa shape index (κ1) is 21.8. The first-order chi connectivity index (χ1) is 14.7. The van der Waals surface area contributed by atoms with E-state index in [1.807, 2.05) is 0 Å². The summed E-state index contributed by atoms with van der Waals surface area (Å²) >= 11 is 0. The Labute approximate surface area is 189 Å². The zero-order valence-electron chi connectivity index (χ0n) is 19.6. The van der Waals surface area contributed by atoms with E-state index in [9.17, 15) is 0 Å². The molecule has 0 aromatic heterocycles. The molecule has 0 aliphatic carbocycles. The van der Waals surface area contributed by atoms with Crippen molar-refractivity contribution in [2.75, 3.05) is 0 Å². The van der Waals surface area contributed by atoms with Crippen LogP contribution < -0.4 is 15.9 Å². The normalized spacial score (nSPS) is 12.5. The molecule has 4 rings (SSSR count). The lowest BCUT2D eigenvalue weighted by Crippen LogP contribution is -2.35. The zero-order chi connectivity index (χ0) is 22.2. The summed E-state index contributed by atoms with van der Waals surface area (Å²) in [5, 5.41) is 7.09. The van der Waals surface area contributed by atoms with Crippen LogP contribution in [-0.4, -0.2) is 0 Å². The Bertz CT molecular complexity index is 1140. The van der Waals surface area contributed by atoms with Crippen LogP contribution in [0.3, 0.4) is 0 Å². The molecule has 31 heavy (non-hydrogen) atoms. The minimum atomic E-state index is -0.689. The fourth-order valence-corrected chi connectivity index (χ4v) is 7.54. The summed E-state index contributed by atoms with van der Waals surface area (Å²) in [4.78, 5) is 0. The summed E-state index contributed by atoms with van der Waals surface area (Å²) in [6.07, 6.45) is 0. The highest BCUT2D eigenvalue weighted by Gasteiger charge is 2.33. The maximum absolute atomic E-state index is 2.46. The third-order valence-corrected chi connectivity index (χ3v) is 8.37. The Morgan fingerprint density at radius 3 is 1.52 bits per heavy atom. The van der Waals surface area contributed by atoms with Gasteiger partial charge in [0.15, 0.2) is 0 Å². The van der Waals surface area contributed by atoms with Crippen LogP contribution >= 0.6 is 7.92 Å². The van der Waals surface area contributed by atoms with Crippen LogP contribution in [0.1, 0.15) is 52.7 Å². The SMILES string of the molecule is CC(C)(C)c1cc2ccccc2c(C(C)(C)C)c1P(c1ccccc1)c1ccccc1. The summed E-state index contributed by atoms with van der Waals surface area (Å²) in [6, 6.07) is 33.6. The van der Waals surface area contributed by atoms with Crippen molar-refractivity contribution in [3.63, 3.8) is 0 Å².